The summed E-state index contributed by atoms with van der Waals surface area (Å²) in [6.07, 6.45) is -0.0281. The Balaban J connectivity index is 1.91. The minimum atomic E-state index is -3.64. The van der Waals surface area contributed by atoms with E-state index >= 15 is 0 Å². The molecule has 1 amide bonds. The molecule has 2 aromatic carbocycles. The van der Waals surface area contributed by atoms with Crippen LogP contribution in [-0.2, 0) is 14.8 Å². The predicted octanol–water partition coefficient (Wildman–Crippen LogP) is 3.81. The van der Waals surface area contributed by atoms with E-state index in [0.29, 0.717) is 20.8 Å². The molecule has 0 spiro atoms. The first-order valence-corrected chi connectivity index (χ1v) is 10.3. The number of nitrogens with one attached hydrogen (secondary N) is 1. The Morgan fingerprint density at radius 3 is 2.50 bits per heavy atom. The number of halogens is 3. The van der Waals surface area contributed by atoms with E-state index in [1.165, 1.54) is 18.2 Å². The minimum Gasteiger partial charge on any atom is -0.476 e. The van der Waals surface area contributed by atoms with Gasteiger partial charge in [0.15, 0.2) is 6.10 Å². The standard InChI is InChI=1S/C16H13Cl3N2O4S/c1-26(23,24)21-8-15(25-14-5-3-10(18)7-13(14)21)16(22)20-12-6-9(17)2-4-11(12)19/h2-7,15H,8H2,1H3,(H,20,22). The number of nitrogens with zero attached hydrogens (tertiary/aromatic N) is 1. The van der Waals surface area contributed by atoms with Crippen LogP contribution in [0.3, 0.4) is 0 Å². The summed E-state index contributed by atoms with van der Waals surface area (Å²) < 4.78 is 31.0. The Labute approximate surface area is 165 Å². The molecule has 0 bridgehead atoms. The lowest BCUT2D eigenvalue weighted by Crippen LogP contribution is -2.48. The van der Waals surface area contributed by atoms with Gasteiger partial charge >= 0.3 is 0 Å². The van der Waals surface area contributed by atoms with Gasteiger partial charge in [0, 0.05) is 10.0 Å². The van der Waals surface area contributed by atoms with Crippen LogP contribution in [0, 0.1) is 0 Å². The maximum absolute atomic E-state index is 12.6. The Morgan fingerprint density at radius 1 is 1.15 bits per heavy atom. The van der Waals surface area contributed by atoms with E-state index in [4.69, 9.17) is 39.5 Å². The van der Waals surface area contributed by atoms with Gasteiger partial charge in [-0.2, -0.15) is 0 Å². The van der Waals surface area contributed by atoms with Gasteiger partial charge in [-0.3, -0.25) is 9.10 Å². The number of amides is 1. The van der Waals surface area contributed by atoms with Gasteiger partial charge in [-0.1, -0.05) is 34.8 Å². The molecular weight excluding hydrogens is 423 g/mol. The molecule has 6 nitrogen and oxygen atoms in total. The molecule has 1 atom stereocenters. The number of carbonyl (C=O) groups is 1. The third-order valence-corrected chi connectivity index (χ3v) is 5.62. The second-order valence-electron chi connectivity index (χ2n) is 5.63. The normalized spacial score (nSPS) is 16.6. The van der Waals surface area contributed by atoms with Crippen molar-refractivity contribution in [2.45, 2.75) is 6.10 Å². The summed E-state index contributed by atoms with van der Waals surface area (Å²) in [6, 6.07) is 9.16. The second kappa shape index (κ2) is 7.15. The molecular formula is C16H13Cl3N2O4S. The molecule has 1 aliphatic rings. The molecule has 0 saturated carbocycles. The summed E-state index contributed by atoms with van der Waals surface area (Å²) in [6.45, 7) is -0.198. The van der Waals surface area contributed by atoms with Gasteiger partial charge < -0.3 is 10.1 Å². The fourth-order valence-corrected chi connectivity index (χ4v) is 3.89. The van der Waals surface area contributed by atoms with Crippen molar-refractivity contribution in [3.8, 4) is 5.75 Å². The lowest BCUT2D eigenvalue weighted by atomic mass is 10.2. The van der Waals surface area contributed by atoms with Crippen LogP contribution in [0.2, 0.25) is 15.1 Å². The maximum Gasteiger partial charge on any atom is 0.267 e. The zero-order valence-corrected chi connectivity index (χ0v) is 16.5. The monoisotopic (exact) mass is 434 g/mol. The van der Waals surface area contributed by atoms with Crippen molar-refractivity contribution < 1.29 is 17.9 Å². The topological polar surface area (TPSA) is 75.7 Å². The fourth-order valence-electron chi connectivity index (χ4n) is 2.48. The minimum absolute atomic E-state index is 0.198. The van der Waals surface area contributed by atoms with Crippen LogP contribution in [0.25, 0.3) is 0 Å². The molecule has 1 N–H and O–H groups in total. The van der Waals surface area contributed by atoms with Crippen LogP contribution in [0.15, 0.2) is 36.4 Å². The summed E-state index contributed by atoms with van der Waals surface area (Å²) in [7, 11) is -3.64. The highest BCUT2D eigenvalue weighted by atomic mass is 35.5. The predicted molar refractivity (Wildman–Crippen MR) is 103 cm³/mol. The zero-order valence-electron chi connectivity index (χ0n) is 13.4. The van der Waals surface area contributed by atoms with Crippen LogP contribution in [0.4, 0.5) is 11.4 Å². The molecule has 10 heteroatoms. The van der Waals surface area contributed by atoms with Crippen molar-refractivity contribution in [3.05, 3.63) is 51.5 Å². The van der Waals surface area contributed by atoms with E-state index in [0.717, 1.165) is 10.6 Å². The largest absolute Gasteiger partial charge is 0.476 e. The number of rotatable bonds is 3. The van der Waals surface area contributed by atoms with Crippen molar-refractivity contribution >= 4 is 62.1 Å². The number of carbonyl (C=O) groups excluding carboxylic acids is 1. The van der Waals surface area contributed by atoms with Crippen molar-refractivity contribution in [1.82, 2.24) is 0 Å². The van der Waals surface area contributed by atoms with Gasteiger partial charge in [-0.25, -0.2) is 8.42 Å². The highest BCUT2D eigenvalue weighted by Crippen LogP contribution is 2.37. The molecule has 1 aliphatic heterocycles. The number of benzene rings is 2. The van der Waals surface area contributed by atoms with Gasteiger partial charge in [0.25, 0.3) is 5.91 Å². The molecule has 2 aromatic rings. The van der Waals surface area contributed by atoms with Crippen LogP contribution in [0.5, 0.6) is 5.75 Å². The highest BCUT2D eigenvalue weighted by Gasteiger charge is 2.35. The van der Waals surface area contributed by atoms with E-state index in [-0.39, 0.29) is 18.0 Å². The van der Waals surface area contributed by atoms with E-state index in [2.05, 4.69) is 5.32 Å². The molecule has 0 aliphatic carbocycles. The molecule has 0 fully saturated rings. The van der Waals surface area contributed by atoms with E-state index in [1.54, 1.807) is 18.2 Å². The fraction of sp³-hybridized carbons (Fsp3) is 0.188. The van der Waals surface area contributed by atoms with Crippen LogP contribution >= 0.6 is 34.8 Å². The highest BCUT2D eigenvalue weighted by molar-refractivity contribution is 7.92. The van der Waals surface area contributed by atoms with Gasteiger partial charge in [0.1, 0.15) is 5.75 Å². The summed E-state index contributed by atoms with van der Waals surface area (Å²) in [5.74, 6) is -0.313. The Bertz CT molecular complexity index is 981. The quantitative estimate of drug-likeness (QED) is 0.795. The Morgan fingerprint density at radius 2 is 1.81 bits per heavy atom. The molecule has 0 radical (unpaired) electrons. The van der Waals surface area contributed by atoms with Crippen molar-refractivity contribution in [2.24, 2.45) is 0 Å². The summed E-state index contributed by atoms with van der Waals surface area (Å²) >= 11 is 17.9. The van der Waals surface area contributed by atoms with E-state index in [1.807, 2.05) is 0 Å². The number of fused-ring (bicyclic) bond motifs is 1. The molecule has 0 aromatic heterocycles. The third kappa shape index (κ3) is 4.01. The van der Waals surface area contributed by atoms with Crippen molar-refractivity contribution in [2.75, 3.05) is 22.4 Å². The molecule has 1 unspecified atom stereocenters. The van der Waals surface area contributed by atoms with E-state index in [9.17, 15) is 13.2 Å². The van der Waals surface area contributed by atoms with Gasteiger partial charge in [0.2, 0.25) is 10.0 Å². The number of hydrogen-bond acceptors (Lipinski definition) is 4. The van der Waals surface area contributed by atoms with Gasteiger partial charge in [0.05, 0.1) is 29.2 Å². The lowest BCUT2D eigenvalue weighted by molar-refractivity contribution is -0.122. The molecule has 26 heavy (non-hydrogen) atoms. The SMILES string of the molecule is CS(=O)(=O)N1CC(C(=O)Nc2cc(Cl)ccc2Cl)Oc2ccc(Cl)cc21. The summed E-state index contributed by atoms with van der Waals surface area (Å²) in [5.41, 5.74) is 0.588. The zero-order chi connectivity index (χ0) is 19.1. The second-order valence-corrected chi connectivity index (χ2v) is 8.81. The van der Waals surface area contributed by atoms with Crippen LogP contribution in [-0.4, -0.2) is 33.2 Å². The number of anilines is 2. The Hall–Kier alpha value is -1.67. The molecule has 138 valence electrons. The lowest BCUT2D eigenvalue weighted by Gasteiger charge is -2.34. The number of ether oxygens (including phenoxy) is 1. The number of sulfonamides is 1. The van der Waals surface area contributed by atoms with Gasteiger partial charge in [-0.05, 0) is 36.4 Å². The average Bonchev–Trinajstić information content (AvgIpc) is 2.56. The number of hydrogen-bond donors (Lipinski definition) is 1. The summed E-state index contributed by atoms with van der Waals surface area (Å²) in [5, 5.41) is 3.66. The summed E-state index contributed by atoms with van der Waals surface area (Å²) in [4.78, 5) is 12.6. The van der Waals surface area contributed by atoms with Crippen molar-refractivity contribution in [3.63, 3.8) is 0 Å². The van der Waals surface area contributed by atoms with E-state index < -0.39 is 22.0 Å². The molecule has 0 saturated heterocycles. The van der Waals surface area contributed by atoms with Crippen molar-refractivity contribution in [1.29, 1.82) is 0 Å². The third-order valence-electron chi connectivity index (χ3n) is 3.67. The maximum atomic E-state index is 12.6. The molecule has 3 rings (SSSR count). The van der Waals surface area contributed by atoms with Crippen LogP contribution in [0.1, 0.15) is 0 Å². The van der Waals surface area contributed by atoms with Crippen LogP contribution < -0.4 is 14.4 Å². The first-order valence-electron chi connectivity index (χ1n) is 7.35. The van der Waals surface area contributed by atoms with Gasteiger partial charge in [-0.15, -0.1) is 0 Å². The first-order chi connectivity index (χ1) is 12.1. The molecule has 1 heterocycles. The first kappa shape index (κ1) is 19.1. The smallest absolute Gasteiger partial charge is 0.267 e. The average molecular weight is 436 g/mol. The Kier molecular flexibility index (Phi) is 5.25.